The number of nitrogens with one attached hydrogen (secondary N) is 1. The van der Waals surface area contributed by atoms with E-state index in [1.807, 2.05) is 0 Å². The van der Waals surface area contributed by atoms with Crippen LogP contribution in [0.25, 0.3) is 0 Å². The molecule has 1 amide bonds. The third-order valence-electron chi connectivity index (χ3n) is 1.28. The van der Waals surface area contributed by atoms with Crippen molar-refractivity contribution in [3.05, 3.63) is 0 Å². The minimum atomic E-state index is -3.61. The van der Waals surface area contributed by atoms with E-state index in [0.717, 1.165) is 0 Å². The van der Waals surface area contributed by atoms with E-state index in [4.69, 9.17) is 10.8 Å². The van der Waals surface area contributed by atoms with Crippen LogP contribution in [0.5, 0.6) is 0 Å². The summed E-state index contributed by atoms with van der Waals surface area (Å²) in [5.74, 6) is -2.31. The number of carbonyl (C=O) groups excluding carboxylic acids is 1. The molecule has 0 fully saturated rings. The number of primary amides is 1. The number of carboxylic acid groups (broad SMARTS) is 1. The van der Waals surface area contributed by atoms with Gasteiger partial charge in [-0.25, -0.2) is 13.1 Å². The van der Waals surface area contributed by atoms with Crippen molar-refractivity contribution in [2.45, 2.75) is 12.8 Å². The van der Waals surface area contributed by atoms with Gasteiger partial charge in [0, 0.05) is 13.0 Å². The molecule has 0 spiro atoms. The van der Waals surface area contributed by atoms with Crippen molar-refractivity contribution < 1.29 is 23.1 Å². The number of aliphatic carboxylic acids is 1. The van der Waals surface area contributed by atoms with E-state index in [0.29, 0.717) is 0 Å². The highest BCUT2D eigenvalue weighted by Crippen LogP contribution is 1.89. The lowest BCUT2D eigenvalue weighted by Gasteiger charge is -2.03. The van der Waals surface area contributed by atoms with Crippen LogP contribution in [0.1, 0.15) is 12.8 Å². The number of carboxylic acids is 1. The third-order valence-corrected chi connectivity index (χ3v) is 2.66. The summed E-state index contributed by atoms with van der Waals surface area (Å²) in [7, 11) is -3.61. The maximum absolute atomic E-state index is 11.0. The summed E-state index contributed by atoms with van der Waals surface area (Å²) in [6, 6.07) is 0. The maximum atomic E-state index is 11.0. The largest absolute Gasteiger partial charge is 0.481 e. The number of amides is 1. The molecule has 0 heterocycles. The molecular weight excluding hydrogens is 212 g/mol. The molecule has 0 aliphatic carbocycles. The summed E-state index contributed by atoms with van der Waals surface area (Å²) in [5.41, 5.74) is 4.78. The zero-order chi connectivity index (χ0) is 11.2. The van der Waals surface area contributed by atoms with Crippen molar-refractivity contribution >= 4 is 21.9 Å². The Morgan fingerprint density at radius 1 is 1.29 bits per heavy atom. The van der Waals surface area contributed by atoms with E-state index in [1.54, 1.807) is 0 Å². The van der Waals surface area contributed by atoms with Crippen molar-refractivity contribution in [2.75, 3.05) is 12.3 Å². The van der Waals surface area contributed by atoms with E-state index >= 15 is 0 Å². The van der Waals surface area contributed by atoms with Crippen LogP contribution >= 0.6 is 0 Å². The fourth-order valence-electron chi connectivity index (χ4n) is 0.624. The number of hydrogen-bond donors (Lipinski definition) is 3. The molecule has 0 saturated carbocycles. The first-order valence-corrected chi connectivity index (χ1v) is 5.46. The van der Waals surface area contributed by atoms with Crippen LogP contribution < -0.4 is 10.5 Å². The molecule has 8 heteroatoms. The van der Waals surface area contributed by atoms with Crippen molar-refractivity contribution in [3.8, 4) is 0 Å². The van der Waals surface area contributed by atoms with Gasteiger partial charge in [-0.3, -0.25) is 9.59 Å². The van der Waals surface area contributed by atoms with Crippen LogP contribution in [-0.4, -0.2) is 37.7 Å². The van der Waals surface area contributed by atoms with E-state index in [1.165, 1.54) is 0 Å². The molecule has 0 unspecified atom stereocenters. The quantitative estimate of drug-likeness (QED) is 0.473. The second kappa shape index (κ2) is 5.55. The van der Waals surface area contributed by atoms with E-state index in [-0.39, 0.29) is 13.0 Å². The summed E-state index contributed by atoms with van der Waals surface area (Å²) >= 11 is 0. The Morgan fingerprint density at radius 2 is 1.86 bits per heavy atom. The molecule has 0 atom stereocenters. The molecule has 0 aliphatic heterocycles. The molecule has 0 rings (SSSR count). The Morgan fingerprint density at radius 3 is 2.29 bits per heavy atom. The Hall–Kier alpha value is -1.15. The predicted octanol–water partition coefficient (Wildman–Crippen LogP) is -1.74. The molecule has 7 nitrogen and oxygen atoms in total. The van der Waals surface area contributed by atoms with Gasteiger partial charge in [0.15, 0.2) is 0 Å². The average molecular weight is 224 g/mol. The number of nitrogens with two attached hydrogens (primary N) is 1. The number of hydrogen-bond acceptors (Lipinski definition) is 4. The fraction of sp³-hybridized carbons (Fsp3) is 0.667. The van der Waals surface area contributed by atoms with Gasteiger partial charge in [-0.15, -0.1) is 0 Å². The lowest BCUT2D eigenvalue weighted by atomic mass is 10.4. The molecule has 0 aromatic heterocycles. The topological polar surface area (TPSA) is 127 Å². The van der Waals surface area contributed by atoms with Crippen LogP contribution in [0.2, 0.25) is 0 Å². The van der Waals surface area contributed by atoms with Gasteiger partial charge in [0.25, 0.3) is 0 Å². The molecule has 0 bridgehead atoms. The SMILES string of the molecule is NC(=O)CCNS(=O)(=O)CCC(=O)O. The zero-order valence-electron chi connectivity index (χ0n) is 7.39. The summed E-state index contributed by atoms with van der Waals surface area (Å²) < 4.78 is 24.0. The van der Waals surface area contributed by atoms with Crippen LogP contribution in [0.15, 0.2) is 0 Å². The molecule has 0 aliphatic rings. The zero-order valence-corrected chi connectivity index (χ0v) is 8.21. The monoisotopic (exact) mass is 224 g/mol. The van der Waals surface area contributed by atoms with Crippen molar-refractivity contribution in [1.82, 2.24) is 4.72 Å². The standard InChI is InChI=1S/C6H12N2O5S/c7-5(9)1-3-8-14(12,13)4-2-6(10)11/h8H,1-4H2,(H2,7,9)(H,10,11). The van der Waals surface area contributed by atoms with Gasteiger partial charge < -0.3 is 10.8 Å². The maximum Gasteiger partial charge on any atom is 0.304 e. The van der Waals surface area contributed by atoms with E-state index in [9.17, 15) is 18.0 Å². The van der Waals surface area contributed by atoms with Gasteiger partial charge >= 0.3 is 5.97 Å². The molecule has 0 aromatic rings. The average Bonchev–Trinajstić information content (AvgIpc) is 2.00. The second-order valence-electron chi connectivity index (χ2n) is 2.57. The molecule has 82 valence electrons. The Balaban J connectivity index is 3.84. The molecule has 14 heavy (non-hydrogen) atoms. The summed E-state index contributed by atoms with van der Waals surface area (Å²) in [6.07, 6.45) is -0.571. The lowest BCUT2D eigenvalue weighted by Crippen LogP contribution is -2.30. The van der Waals surface area contributed by atoms with Crippen molar-refractivity contribution in [3.63, 3.8) is 0 Å². The number of rotatable bonds is 7. The van der Waals surface area contributed by atoms with Crippen LogP contribution in [-0.2, 0) is 19.6 Å². The first kappa shape index (κ1) is 12.8. The first-order valence-electron chi connectivity index (χ1n) is 3.81. The number of carbonyl (C=O) groups is 2. The van der Waals surface area contributed by atoms with Gasteiger partial charge in [0.05, 0.1) is 12.2 Å². The predicted molar refractivity (Wildman–Crippen MR) is 47.9 cm³/mol. The smallest absolute Gasteiger partial charge is 0.304 e. The van der Waals surface area contributed by atoms with E-state index in [2.05, 4.69) is 4.72 Å². The molecule has 0 saturated heterocycles. The fourth-order valence-corrected chi connectivity index (χ4v) is 1.62. The van der Waals surface area contributed by atoms with Crippen LogP contribution in [0, 0.1) is 0 Å². The van der Waals surface area contributed by atoms with Gasteiger partial charge in [0.2, 0.25) is 15.9 Å². The van der Waals surface area contributed by atoms with Crippen molar-refractivity contribution in [2.24, 2.45) is 5.73 Å². The van der Waals surface area contributed by atoms with Crippen molar-refractivity contribution in [1.29, 1.82) is 0 Å². The normalized spacial score (nSPS) is 11.1. The van der Waals surface area contributed by atoms with Crippen LogP contribution in [0.3, 0.4) is 0 Å². The lowest BCUT2D eigenvalue weighted by molar-refractivity contribution is -0.136. The first-order chi connectivity index (χ1) is 6.33. The van der Waals surface area contributed by atoms with Crippen LogP contribution in [0.4, 0.5) is 0 Å². The third kappa shape index (κ3) is 7.50. The molecule has 0 radical (unpaired) electrons. The summed E-state index contributed by atoms with van der Waals surface area (Å²) in [6.45, 7) is -0.0999. The van der Waals surface area contributed by atoms with Gasteiger partial charge in [-0.05, 0) is 0 Å². The van der Waals surface area contributed by atoms with Gasteiger partial charge in [-0.2, -0.15) is 0 Å². The minimum absolute atomic E-state index is 0.0999. The molecule has 4 N–H and O–H groups in total. The second-order valence-corrected chi connectivity index (χ2v) is 4.50. The highest BCUT2D eigenvalue weighted by Gasteiger charge is 2.12. The Bertz CT molecular complexity index is 310. The highest BCUT2D eigenvalue weighted by atomic mass is 32.2. The molecular formula is C6H12N2O5S. The summed E-state index contributed by atoms with van der Waals surface area (Å²) in [4.78, 5) is 20.3. The van der Waals surface area contributed by atoms with E-state index < -0.39 is 34.1 Å². The Kier molecular flexibility index (Phi) is 5.10. The number of sulfonamides is 1. The molecule has 0 aromatic carbocycles. The summed E-state index contributed by atoms with van der Waals surface area (Å²) in [5, 5.41) is 8.22. The Labute approximate surface area is 81.3 Å². The van der Waals surface area contributed by atoms with Gasteiger partial charge in [0.1, 0.15) is 0 Å². The minimum Gasteiger partial charge on any atom is -0.481 e. The highest BCUT2D eigenvalue weighted by molar-refractivity contribution is 7.89. The van der Waals surface area contributed by atoms with Gasteiger partial charge in [-0.1, -0.05) is 0 Å².